The van der Waals surface area contributed by atoms with Gasteiger partial charge in [0.1, 0.15) is 5.00 Å². The summed E-state index contributed by atoms with van der Waals surface area (Å²) >= 11 is 1.33. The van der Waals surface area contributed by atoms with Crippen LogP contribution < -0.4 is 10.6 Å². The molecular formula is C15H18ClN3O3S. The molecule has 2 aromatic rings. The molecule has 8 heteroatoms. The van der Waals surface area contributed by atoms with Crippen molar-refractivity contribution in [1.29, 1.82) is 0 Å². The molecule has 1 atom stereocenters. The fourth-order valence-electron chi connectivity index (χ4n) is 2.43. The van der Waals surface area contributed by atoms with Crippen molar-refractivity contribution in [2.24, 2.45) is 0 Å². The number of amides is 2. The van der Waals surface area contributed by atoms with Gasteiger partial charge in [-0.1, -0.05) is 0 Å². The van der Waals surface area contributed by atoms with Crippen LogP contribution in [0, 0.1) is 0 Å². The molecule has 1 unspecified atom stereocenters. The van der Waals surface area contributed by atoms with Crippen LogP contribution in [-0.4, -0.2) is 42.4 Å². The van der Waals surface area contributed by atoms with E-state index in [0.717, 1.165) is 6.54 Å². The monoisotopic (exact) mass is 355 g/mol. The van der Waals surface area contributed by atoms with E-state index in [4.69, 9.17) is 4.42 Å². The molecule has 0 aromatic carbocycles. The summed E-state index contributed by atoms with van der Waals surface area (Å²) in [5.41, 5.74) is 0.527. The molecule has 0 bridgehead atoms. The predicted octanol–water partition coefficient (Wildman–Crippen LogP) is 2.45. The Kier molecular flexibility index (Phi) is 5.81. The van der Waals surface area contributed by atoms with E-state index < -0.39 is 0 Å². The summed E-state index contributed by atoms with van der Waals surface area (Å²) in [5.74, 6) is -0.179. The third-order valence-electron chi connectivity index (χ3n) is 3.52. The quantitative estimate of drug-likeness (QED) is 0.886. The largest absolute Gasteiger partial charge is 0.459 e. The molecule has 0 spiro atoms. The van der Waals surface area contributed by atoms with Gasteiger partial charge in [0.2, 0.25) is 0 Å². The number of piperazine rings is 1. The van der Waals surface area contributed by atoms with E-state index in [2.05, 4.69) is 10.6 Å². The average molecular weight is 356 g/mol. The molecule has 0 radical (unpaired) electrons. The maximum atomic E-state index is 12.6. The second-order valence-corrected chi connectivity index (χ2v) is 6.12. The van der Waals surface area contributed by atoms with E-state index in [1.807, 2.05) is 11.8 Å². The van der Waals surface area contributed by atoms with E-state index in [0.29, 0.717) is 23.7 Å². The Morgan fingerprint density at radius 3 is 2.96 bits per heavy atom. The second kappa shape index (κ2) is 7.63. The number of nitrogens with zero attached hydrogens (tertiary/aromatic N) is 1. The van der Waals surface area contributed by atoms with Gasteiger partial charge < -0.3 is 20.0 Å². The lowest BCUT2D eigenvalue weighted by Gasteiger charge is -2.31. The van der Waals surface area contributed by atoms with Crippen LogP contribution in [0.5, 0.6) is 0 Å². The fraction of sp³-hybridized carbons (Fsp3) is 0.333. The molecule has 1 aliphatic heterocycles. The summed E-state index contributed by atoms with van der Waals surface area (Å²) in [6, 6.07) is 5.26. The molecule has 0 saturated carbocycles. The van der Waals surface area contributed by atoms with Gasteiger partial charge in [0, 0.05) is 25.7 Å². The minimum absolute atomic E-state index is 0. The lowest BCUT2D eigenvalue weighted by atomic mass is 10.2. The molecule has 6 nitrogen and oxygen atoms in total. The van der Waals surface area contributed by atoms with Gasteiger partial charge in [0.25, 0.3) is 11.8 Å². The molecule has 2 aromatic heterocycles. The highest BCUT2D eigenvalue weighted by molar-refractivity contribution is 7.14. The zero-order valence-corrected chi connectivity index (χ0v) is 14.2. The van der Waals surface area contributed by atoms with E-state index >= 15 is 0 Å². The number of rotatable bonds is 3. The average Bonchev–Trinajstić information content (AvgIpc) is 3.18. The van der Waals surface area contributed by atoms with Gasteiger partial charge >= 0.3 is 0 Å². The molecule has 2 N–H and O–H groups in total. The Morgan fingerprint density at radius 1 is 1.43 bits per heavy atom. The van der Waals surface area contributed by atoms with E-state index in [1.165, 1.54) is 17.6 Å². The molecule has 3 rings (SSSR count). The van der Waals surface area contributed by atoms with Crippen LogP contribution in [0.3, 0.4) is 0 Å². The summed E-state index contributed by atoms with van der Waals surface area (Å²) in [5, 5.41) is 8.41. The fourth-order valence-corrected chi connectivity index (χ4v) is 3.21. The normalized spacial score (nSPS) is 17.4. The van der Waals surface area contributed by atoms with Crippen molar-refractivity contribution in [3.8, 4) is 0 Å². The van der Waals surface area contributed by atoms with Crippen LogP contribution >= 0.6 is 23.7 Å². The van der Waals surface area contributed by atoms with Crippen molar-refractivity contribution in [3.05, 3.63) is 41.2 Å². The Balaban J connectivity index is 0.00000192. The summed E-state index contributed by atoms with van der Waals surface area (Å²) in [6.45, 7) is 4.17. The molecule has 23 heavy (non-hydrogen) atoms. The summed E-state index contributed by atoms with van der Waals surface area (Å²) in [4.78, 5) is 26.5. The SMILES string of the molecule is CC1CN(C(=O)c2ccsc2NC(=O)c2ccco2)CCN1.Cl. The Bertz CT molecular complexity index is 671. The van der Waals surface area contributed by atoms with Gasteiger partial charge in [-0.25, -0.2) is 0 Å². The number of thiophene rings is 1. The van der Waals surface area contributed by atoms with Crippen molar-refractivity contribution in [1.82, 2.24) is 10.2 Å². The van der Waals surface area contributed by atoms with Crippen molar-refractivity contribution in [2.45, 2.75) is 13.0 Å². The Morgan fingerprint density at radius 2 is 2.26 bits per heavy atom. The van der Waals surface area contributed by atoms with Crippen molar-refractivity contribution in [2.75, 3.05) is 25.0 Å². The summed E-state index contributed by atoms with van der Waals surface area (Å²) in [6.07, 6.45) is 1.44. The molecule has 1 aliphatic rings. The van der Waals surface area contributed by atoms with Crippen molar-refractivity contribution in [3.63, 3.8) is 0 Å². The van der Waals surface area contributed by atoms with Crippen LogP contribution in [0.15, 0.2) is 34.3 Å². The number of nitrogens with one attached hydrogen (secondary N) is 2. The highest BCUT2D eigenvalue weighted by Gasteiger charge is 2.25. The van der Waals surface area contributed by atoms with Gasteiger partial charge in [-0.2, -0.15) is 0 Å². The van der Waals surface area contributed by atoms with Gasteiger partial charge in [-0.15, -0.1) is 23.7 Å². The van der Waals surface area contributed by atoms with Crippen LogP contribution in [0.4, 0.5) is 5.00 Å². The van der Waals surface area contributed by atoms with Gasteiger partial charge in [0.15, 0.2) is 5.76 Å². The highest BCUT2D eigenvalue weighted by atomic mass is 35.5. The number of hydrogen-bond donors (Lipinski definition) is 2. The maximum absolute atomic E-state index is 12.6. The first-order chi connectivity index (χ1) is 10.6. The third-order valence-corrected chi connectivity index (χ3v) is 4.35. The molecule has 1 saturated heterocycles. The lowest BCUT2D eigenvalue weighted by Crippen LogP contribution is -2.51. The number of hydrogen-bond acceptors (Lipinski definition) is 5. The number of carbonyl (C=O) groups excluding carboxylic acids is 2. The van der Waals surface area contributed by atoms with Crippen molar-refractivity contribution >= 4 is 40.6 Å². The van der Waals surface area contributed by atoms with E-state index in [1.54, 1.807) is 23.6 Å². The van der Waals surface area contributed by atoms with Gasteiger partial charge in [-0.05, 0) is 30.5 Å². The maximum Gasteiger partial charge on any atom is 0.291 e. The smallest absolute Gasteiger partial charge is 0.291 e. The van der Waals surface area contributed by atoms with Crippen LogP contribution in [0.25, 0.3) is 0 Å². The Hall–Kier alpha value is -1.83. The molecule has 2 amide bonds. The van der Waals surface area contributed by atoms with E-state index in [9.17, 15) is 9.59 Å². The predicted molar refractivity (Wildman–Crippen MR) is 91.6 cm³/mol. The van der Waals surface area contributed by atoms with Crippen LogP contribution in [0.1, 0.15) is 27.8 Å². The highest BCUT2D eigenvalue weighted by Crippen LogP contribution is 2.25. The van der Waals surface area contributed by atoms with Gasteiger partial charge in [-0.3, -0.25) is 9.59 Å². The number of carbonyl (C=O) groups is 2. The van der Waals surface area contributed by atoms with Crippen LogP contribution in [0.2, 0.25) is 0 Å². The number of furan rings is 1. The first-order valence-electron chi connectivity index (χ1n) is 7.10. The molecule has 0 aliphatic carbocycles. The second-order valence-electron chi connectivity index (χ2n) is 5.20. The molecule has 124 valence electrons. The van der Waals surface area contributed by atoms with Gasteiger partial charge in [0.05, 0.1) is 11.8 Å². The zero-order chi connectivity index (χ0) is 15.5. The lowest BCUT2D eigenvalue weighted by molar-refractivity contribution is 0.0710. The first kappa shape index (κ1) is 17.5. The molecule has 3 heterocycles. The summed E-state index contributed by atoms with van der Waals surface area (Å²) in [7, 11) is 0. The topological polar surface area (TPSA) is 74.6 Å². The molecular weight excluding hydrogens is 338 g/mol. The molecule has 1 fully saturated rings. The first-order valence-corrected chi connectivity index (χ1v) is 7.98. The van der Waals surface area contributed by atoms with E-state index in [-0.39, 0.29) is 36.0 Å². The standard InChI is InChI=1S/C15H17N3O3S.ClH/c1-10-9-18(6-5-16-10)15(20)11-4-8-22-14(11)17-13(19)12-3-2-7-21-12;/h2-4,7-8,10,16H,5-6,9H2,1H3,(H,17,19);1H. The number of anilines is 1. The minimum atomic E-state index is -0.352. The zero-order valence-electron chi connectivity index (χ0n) is 12.6. The number of halogens is 1. The van der Waals surface area contributed by atoms with Crippen molar-refractivity contribution < 1.29 is 14.0 Å². The Labute approximate surface area is 144 Å². The van der Waals surface area contributed by atoms with Crippen LogP contribution in [-0.2, 0) is 0 Å². The third kappa shape index (κ3) is 3.93. The summed E-state index contributed by atoms with van der Waals surface area (Å²) < 4.78 is 5.06. The minimum Gasteiger partial charge on any atom is -0.459 e.